The number of hydrogen-bond donors (Lipinski definition) is 1. The third-order valence-corrected chi connectivity index (χ3v) is 5.11. The number of carbonyl (C=O) groups is 1. The van der Waals surface area contributed by atoms with Gasteiger partial charge in [-0.1, -0.05) is 48.2 Å². The lowest BCUT2D eigenvalue weighted by Gasteiger charge is -2.10. The van der Waals surface area contributed by atoms with E-state index in [1.165, 1.54) is 17.8 Å². The highest BCUT2D eigenvalue weighted by atomic mass is 32.2. The SMILES string of the molecule is C=CCn1c(SCC(=O)NCc2ccccc2F)nnc1-c1ccccc1OC. The molecule has 6 nitrogen and oxygen atoms in total. The van der Waals surface area contributed by atoms with Crippen molar-refractivity contribution in [3.05, 3.63) is 72.6 Å². The number of nitrogens with one attached hydrogen (secondary N) is 1. The molecule has 0 aliphatic heterocycles. The molecule has 0 aliphatic rings. The highest BCUT2D eigenvalue weighted by Crippen LogP contribution is 2.30. The predicted octanol–water partition coefficient (Wildman–Crippen LogP) is 3.69. The Balaban J connectivity index is 1.69. The molecular formula is C21H21FN4O2S. The minimum atomic E-state index is -0.340. The Morgan fingerprint density at radius 3 is 2.76 bits per heavy atom. The lowest BCUT2D eigenvalue weighted by atomic mass is 10.2. The van der Waals surface area contributed by atoms with Gasteiger partial charge in [0.25, 0.3) is 0 Å². The number of ether oxygens (including phenoxy) is 1. The van der Waals surface area contributed by atoms with Gasteiger partial charge in [-0.3, -0.25) is 9.36 Å². The van der Waals surface area contributed by atoms with E-state index in [-0.39, 0.29) is 24.0 Å². The molecule has 0 spiro atoms. The minimum absolute atomic E-state index is 0.135. The second kappa shape index (κ2) is 9.88. The van der Waals surface area contributed by atoms with E-state index in [1.54, 1.807) is 31.4 Å². The zero-order chi connectivity index (χ0) is 20.6. The lowest BCUT2D eigenvalue weighted by molar-refractivity contribution is -0.118. The van der Waals surface area contributed by atoms with Crippen molar-refractivity contribution in [1.82, 2.24) is 20.1 Å². The molecule has 1 aromatic heterocycles. The molecule has 1 N–H and O–H groups in total. The second-order valence-corrected chi connectivity index (χ2v) is 7.01. The summed E-state index contributed by atoms with van der Waals surface area (Å²) < 4.78 is 20.9. The zero-order valence-electron chi connectivity index (χ0n) is 16.0. The van der Waals surface area contributed by atoms with Crippen LogP contribution in [-0.4, -0.2) is 33.5 Å². The Bertz CT molecular complexity index is 1010. The van der Waals surface area contributed by atoms with E-state index in [2.05, 4.69) is 22.1 Å². The van der Waals surface area contributed by atoms with E-state index in [1.807, 2.05) is 28.8 Å². The van der Waals surface area contributed by atoms with Crippen LogP contribution in [0.15, 0.2) is 66.3 Å². The summed E-state index contributed by atoms with van der Waals surface area (Å²) >= 11 is 1.26. The number of allylic oxidation sites excluding steroid dienone is 1. The summed E-state index contributed by atoms with van der Waals surface area (Å²) in [6, 6.07) is 13.9. The van der Waals surface area contributed by atoms with Crippen molar-refractivity contribution in [2.45, 2.75) is 18.2 Å². The monoisotopic (exact) mass is 412 g/mol. The van der Waals surface area contributed by atoms with Gasteiger partial charge < -0.3 is 10.1 Å². The van der Waals surface area contributed by atoms with Gasteiger partial charge in [0.05, 0.1) is 18.4 Å². The summed E-state index contributed by atoms with van der Waals surface area (Å²) in [5.74, 6) is 0.897. The summed E-state index contributed by atoms with van der Waals surface area (Å²) in [6.07, 6.45) is 1.74. The van der Waals surface area contributed by atoms with Crippen molar-refractivity contribution in [3.8, 4) is 17.1 Å². The highest BCUT2D eigenvalue weighted by molar-refractivity contribution is 7.99. The Morgan fingerprint density at radius 2 is 2.00 bits per heavy atom. The molecule has 0 saturated heterocycles. The molecule has 3 rings (SSSR count). The van der Waals surface area contributed by atoms with Gasteiger partial charge in [0, 0.05) is 18.7 Å². The first kappa shape index (κ1) is 20.6. The average molecular weight is 412 g/mol. The van der Waals surface area contributed by atoms with Gasteiger partial charge in [-0.2, -0.15) is 0 Å². The molecule has 1 amide bonds. The van der Waals surface area contributed by atoms with Crippen LogP contribution < -0.4 is 10.1 Å². The molecule has 0 bridgehead atoms. The average Bonchev–Trinajstić information content (AvgIpc) is 3.14. The summed E-state index contributed by atoms with van der Waals surface area (Å²) in [7, 11) is 1.60. The molecule has 8 heteroatoms. The molecular weight excluding hydrogens is 391 g/mol. The Morgan fingerprint density at radius 1 is 1.24 bits per heavy atom. The molecule has 0 unspecified atom stereocenters. The van der Waals surface area contributed by atoms with Gasteiger partial charge in [-0.05, 0) is 18.2 Å². The van der Waals surface area contributed by atoms with Gasteiger partial charge in [-0.25, -0.2) is 4.39 Å². The fourth-order valence-corrected chi connectivity index (χ4v) is 3.51. The summed E-state index contributed by atoms with van der Waals surface area (Å²) in [4.78, 5) is 12.2. The maximum atomic E-state index is 13.7. The first-order valence-electron chi connectivity index (χ1n) is 8.94. The molecule has 0 fully saturated rings. The van der Waals surface area contributed by atoms with Gasteiger partial charge in [0.2, 0.25) is 5.91 Å². The van der Waals surface area contributed by atoms with Gasteiger partial charge in [0.15, 0.2) is 11.0 Å². The molecule has 0 aliphatic carbocycles. The summed E-state index contributed by atoms with van der Waals surface area (Å²) in [5.41, 5.74) is 1.25. The van der Waals surface area contributed by atoms with Crippen molar-refractivity contribution < 1.29 is 13.9 Å². The molecule has 0 atom stereocenters. The molecule has 2 aromatic carbocycles. The van der Waals surface area contributed by atoms with Crippen molar-refractivity contribution in [3.63, 3.8) is 0 Å². The zero-order valence-corrected chi connectivity index (χ0v) is 16.8. The Kier molecular flexibility index (Phi) is 7.02. The number of amides is 1. The molecule has 3 aromatic rings. The third-order valence-electron chi connectivity index (χ3n) is 4.14. The van der Waals surface area contributed by atoms with Crippen molar-refractivity contribution in [2.24, 2.45) is 0 Å². The lowest BCUT2D eigenvalue weighted by Crippen LogP contribution is -2.25. The second-order valence-electron chi connectivity index (χ2n) is 6.06. The quantitative estimate of drug-likeness (QED) is 0.429. The number of para-hydroxylation sites is 1. The first-order chi connectivity index (χ1) is 14.1. The van der Waals surface area contributed by atoms with Crippen LogP contribution in [0.2, 0.25) is 0 Å². The van der Waals surface area contributed by atoms with E-state index in [4.69, 9.17) is 4.74 Å². The normalized spacial score (nSPS) is 10.6. The first-order valence-corrected chi connectivity index (χ1v) is 9.93. The molecule has 0 saturated carbocycles. The number of halogens is 1. The number of aromatic nitrogens is 3. The fourth-order valence-electron chi connectivity index (χ4n) is 2.73. The van der Waals surface area contributed by atoms with E-state index in [0.29, 0.717) is 28.8 Å². The molecule has 0 radical (unpaired) electrons. The fraction of sp³-hybridized carbons (Fsp3) is 0.190. The minimum Gasteiger partial charge on any atom is -0.496 e. The third kappa shape index (κ3) is 5.03. The van der Waals surface area contributed by atoms with Crippen LogP contribution in [0, 0.1) is 5.82 Å². The highest BCUT2D eigenvalue weighted by Gasteiger charge is 2.17. The van der Waals surface area contributed by atoms with Crippen molar-refractivity contribution in [2.75, 3.05) is 12.9 Å². The van der Waals surface area contributed by atoms with Crippen LogP contribution in [-0.2, 0) is 17.9 Å². The number of rotatable bonds is 9. The number of methoxy groups -OCH3 is 1. The Hall–Kier alpha value is -3.13. The van der Waals surface area contributed by atoms with Crippen molar-refractivity contribution >= 4 is 17.7 Å². The van der Waals surface area contributed by atoms with E-state index in [9.17, 15) is 9.18 Å². The summed E-state index contributed by atoms with van der Waals surface area (Å²) in [6.45, 7) is 4.41. The van der Waals surface area contributed by atoms with Gasteiger partial charge >= 0.3 is 0 Å². The topological polar surface area (TPSA) is 69.0 Å². The number of hydrogen-bond acceptors (Lipinski definition) is 5. The smallest absolute Gasteiger partial charge is 0.230 e. The van der Waals surface area contributed by atoms with Crippen LogP contribution in [0.25, 0.3) is 11.4 Å². The predicted molar refractivity (Wildman–Crippen MR) is 111 cm³/mol. The molecule has 150 valence electrons. The number of thioether (sulfide) groups is 1. The number of carbonyl (C=O) groups excluding carboxylic acids is 1. The number of nitrogens with zero attached hydrogens (tertiary/aromatic N) is 3. The summed E-state index contributed by atoms with van der Waals surface area (Å²) in [5, 5.41) is 11.8. The number of benzene rings is 2. The maximum absolute atomic E-state index is 13.7. The standard InChI is InChI=1S/C21H21FN4O2S/c1-3-12-26-20(16-9-5-7-11-18(16)28-2)24-25-21(26)29-14-19(27)23-13-15-8-4-6-10-17(15)22/h3-11H,1,12-14H2,2H3,(H,23,27). The van der Waals surface area contributed by atoms with Gasteiger partial charge in [-0.15, -0.1) is 16.8 Å². The van der Waals surface area contributed by atoms with Gasteiger partial charge in [0.1, 0.15) is 11.6 Å². The Labute approximate surface area is 172 Å². The van der Waals surface area contributed by atoms with Crippen LogP contribution in [0.1, 0.15) is 5.56 Å². The van der Waals surface area contributed by atoms with Crippen LogP contribution >= 0.6 is 11.8 Å². The van der Waals surface area contributed by atoms with Crippen LogP contribution in [0.5, 0.6) is 5.75 Å². The van der Waals surface area contributed by atoms with E-state index < -0.39 is 0 Å². The van der Waals surface area contributed by atoms with Crippen LogP contribution in [0.4, 0.5) is 4.39 Å². The molecule has 1 heterocycles. The van der Waals surface area contributed by atoms with E-state index >= 15 is 0 Å². The van der Waals surface area contributed by atoms with Crippen molar-refractivity contribution in [1.29, 1.82) is 0 Å². The van der Waals surface area contributed by atoms with Crippen LogP contribution in [0.3, 0.4) is 0 Å². The van der Waals surface area contributed by atoms with E-state index in [0.717, 1.165) is 5.56 Å². The maximum Gasteiger partial charge on any atom is 0.230 e. The molecule has 29 heavy (non-hydrogen) atoms. The largest absolute Gasteiger partial charge is 0.496 e.